The third-order valence-corrected chi connectivity index (χ3v) is 13.4. The van der Waals surface area contributed by atoms with Crippen LogP contribution in [0.15, 0.2) is 36.5 Å². The van der Waals surface area contributed by atoms with Crippen LogP contribution in [0.25, 0.3) is 0 Å². The Morgan fingerprint density at radius 2 is 0.712 bits per heavy atom. The molecule has 0 aliphatic heterocycles. The Balaban J connectivity index is 3.39. The van der Waals surface area contributed by atoms with Gasteiger partial charge in [0.1, 0.15) is 0 Å². The van der Waals surface area contributed by atoms with Crippen molar-refractivity contribution in [3.05, 3.63) is 36.5 Å². The zero-order valence-electron chi connectivity index (χ0n) is 44.2. The molecular weight excluding hydrogens is 815 g/mol. The third-order valence-electron chi connectivity index (χ3n) is 13.4. The average molecular weight is 929 g/mol. The Hall–Kier alpha value is -1.92. The molecule has 0 aromatic carbocycles. The molecule has 6 nitrogen and oxygen atoms in total. The molecule has 6 heteroatoms. The van der Waals surface area contributed by atoms with Crippen molar-refractivity contribution < 1.29 is 24.5 Å². The Bertz CT molecular complexity index is 1070. The normalized spacial score (nSPS) is 12.8. The maximum Gasteiger partial charge on any atom is 0.305 e. The van der Waals surface area contributed by atoms with E-state index >= 15 is 0 Å². The molecule has 0 fully saturated rings. The van der Waals surface area contributed by atoms with E-state index < -0.39 is 12.1 Å². The number of nitrogens with one attached hydrogen (secondary N) is 1. The van der Waals surface area contributed by atoms with Crippen LogP contribution in [0.2, 0.25) is 0 Å². The number of hydrogen-bond donors (Lipinski definition) is 3. The fourth-order valence-corrected chi connectivity index (χ4v) is 8.86. The number of rotatable bonds is 54. The maximum atomic E-state index is 12.4. The summed E-state index contributed by atoms with van der Waals surface area (Å²) in [6, 6.07) is -0.631. The predicted octanol–water partition coefficient (Wildman–Crippen LogP) is 18.0. The van der Waals surface area contributed by atoms with Gasteiger partial charge in [0.2, 0.25) is 5.91 Å². The lowest BCUT2D eigenvalue weighted by atomic mass is 10.0. The molecule has 2 unspecified atom stereocenters. The van der Waals surface area contributed by atoms with Crippen molar-refractivity contribution >= 4 is 11.9 Å². The summed E-state index contributed by atoms with van der Waals surface area (Å²) >= 11 is 0. The summed E-state index contributed by atoms with van der Waals surface area (Å²) in [4.78, 5) is 24.5. The Kier molecular flexibility index (Phi) is 54.1. The smallest absolute Gasteiger partial charge is 0.305 e. The summed E-state index contributed by atoms with van der Waals surface area (Å²) in [6.07, 6.45) is 69.0. The van der Waals surface area contributed by atoms with Crippen molar-refractivity contribution in [3.8, 4) is 0 Å². The van der Waals surface area contributed by atoms with Crippen LogP contribution in [-0.4, -0.2) is 47.4 Å². The van der Waals surface area contributed by atoms with Crippen LogP contribution >= 0.6 is 0 Å². The summed E-state index contributed by atoms with van der Waals surface area (Å²) in [5, 5.41) is 22.9. The Morgan fingerprint density at radius 1 is 0.409 bits per heavy atom. The zero-order valence-corrected chi connectivity index (χ0v) is 44.2. The highest BCUT2D eigenvalue weighted by Crippen LogP contribution is 2.16. The van der Waals surface area contributed by atoms with Crippen LogP contribution < -0.4 is 5.32 Å². The first-order valence-corrected chi connectivity index (χ1v) is 29.3. The highest BCUT2D eigenvalue weighted by Gasteiger charge is 2.18. The number of unbranched alkanes of at least 4 members (excludes halogenated alkanes) is 39. The molecule has 0 bridgehead atoms. The number of carbonyl (C=O) groups excluding carboxylic acids is 2. The average Bonchev–Trinajstić information content (AvgIpc) is 3.32. The lowest BCUT2D eigenvalue weighted by molar-refractivity contribution is -0.143. The number of aliphatic hydroxyl groups is 2. The summed E-state index contributed by atoms with van der Waals surface area (Å²) in [6.45, 7) is 4.87. The number of carbonyl (C=O) groups is 2. The van der Waals surface area contributed by atoms with Crippen LogP contribution in [0.4, 0.5) is 0 Å². The molecule has 0 aliphatic rings. The van der Waals surface area contributed by atoms with Gasteiger partial charge in [0.25, 0.3) is 0 Å². The van der Waals surface area contributed by atoms with Crippen molar-refractivity contribution in [2.75, 3.05) is 13.2 Å². The van der Waals surface area contributed by atoms with E-state index in [1.807, 2.05) is 6.08 Å². The molecule has 3 N–H and O–H groups in total. The van der Waals surface area contributed by atoms with Crippen LogP contribution in [0.1, 0.15) is 309 Å². The molecule has 388 valence electrons. The van der Waals surface area contributed by atoms with Crippen molar-refractivity contribution in [2.45, 2.75) is 321 Å². The minimum absolute atomic E-state index is 0.00673. The Labute approximate surface area is 411 Å². The highest BCUT2D eigenvalue weighted by atomic mass is 16.5. The number of hydrogen-bond acceptors (Lipinski definition) is 5. The number of ether oxygens (including phenoxy) is 1. The summed E-state index contributed by atoms with van der Waals surface area (Å²) in [7, 11) is 0. The molecule has 0 saturated carbocycles. The SMILES string of the molecule is CCCCCCCC/C=C\CCCCCCCCCCCC(=O)OCCCCCCCCCCCC/C=C\CCCCCCCCCC(=O)NC(CO)C(O)/C=C/CCCCCCCCC. The van der Waals surface area contributed by atoms with Gasteiger partial charge in [-0.1, -0.05) is 249 Å². The Morgan fingerprint density at radius 3 is 1.08 bits per heavy atom. The molecule has 0 aromatic heterocycles. The minimum Gasteiger partial charge on any atom is -0.466 e. The van der Waals surface area contributed by atoms with E-state index in [1.165, 1.54) is 231 Å². The molecular formula is C60H113NO5. The van der Waals surface area contributed by atoms with Crippen molar-refractivity contribution in [1.82, 2.24) is 5.32 Å². The first-order valence-electron chi connectivity index (χ1n) is 29.3. The maximum absolute atomic E-state index is 12.4. The second-order valence-corrected chi connectivity index (χ2v) is 20.0. The monoisotopic (exact) mass is 928 g/mol. The van der Waals surface area contributed by atoms with E-state index in [-0.39, 0.29) is 18.5 Å². The summed E-state index contributed by atoms with van der Waals surface area (Å²) in [5.41, 5.74) is 0. The lowest BCUT2D eigenvalue weighted by Crippen LogP contribution is -2.45. The predicted molar refractivity (Wildman–Crippen MR) is 287 cm³/mol. The number of amides is 1. The molecule has 2 atom stereocenters. The quantitative estimate of drug-likeness (QED) is 0.0321. The van der Waals surface area contributed by atoms with E-state index in [0.29, 0.717) is 19.4 Å². The molecule has 0 heterocycles. The van der Waals surface area contributed by atoms with Gasteiger partial charge in [0.05, 0.1) is 25.4 Å². The van der Waals surface area contributed by atoms with Crippen molar-refractivity contribution in [3.63, 3.8) is 0 Å². The van der Waals surface area contributed by atoms with Gasteiger partial charge in [0.15, 0.2) is 0 Å². The van der Waals surface area contributed by atoms with E-state index in [4.69, 9.17) is 4.74 Å². The van der Waals surface area contributed by atoms with Crippen molar-refractivity contribution in [1.29, 1.82) is 0 Å². The number of aliphatic hydroxyl groups excluding tert-OH is 2. The summed E-state index contributed by atoms with van der Waals surface area (Å²) < 4.78 is 5.49. The molecule has 66 heavy (non-hydrogen) atoms. The minimum atomic E-state index is -0.847. The van der Waals surface area contributed by atoms with Crippen molar-refractivity contribution in [2.24, 2.45) is 0 Å². The zero-order chi connectivity index (χ0) is 47.9. The van der Waals surface area contributed by atoms with Gasteiger partial charge >= 0.3 is 5.97 Å². The molecule has 0 aliphatic carbocycles. The molecule has 0 rings (SSSR count). The van der Waals surface area contributed by atoms with E-state index in [0.717, 1.165) is 51.4 Å². The van der Waals surface area contributed by atoms with Gasteiger partial charge < -0.3 is 20.3 Å². The van der Waals surface area contributed by atoms with E-state index in [2.05, 4.69) is 43.5 Å². The molecule has 0 aromatic rings. The van der Waals surface area contributed by atoms with Crippen LogP contribution in [0, 0.1) is 0 Å². The first-order chi connectivity index (χ1) is 32.5. The molecule has 0 saturated heterocycles. The fourth-order valence-electron chi connectivity index (χ4n) is 8.86. The largest absolute Gasteiger partial charge is 0.466 e. The van der Waals surface area contributed by atoms with Gasteiger partial charge in [-0.15, -0.1) is 0 Å². The molecule has 0 spiro atoms. The van der Waals surface area contributed by atoms with Gasteiger partial charge in [-0.25, -0.2) is 0 Å². The van der Waals surface area contributed by atoms with E-state index in [9.17, 15) is 19.8 Å². The standard InChI is InChI=1S/C60H113NO5/c1-3-5-7-9-11-13-14-15-16-17-21-25-28-31-34-38-42-46-50-54-60(65)66-55-51-47-43-39-35-32-29-26-23-20-18-19-22-24-27-30-33-37-41-45-49-53-59(64)61-57(56-62)58(63)52-48-44-40-36-12-10-8-6-4-2/h15-16,19,22,48,52,57-58,62-63H,3-14,17-18,20-21,23-47,49-51,53-56H2,1-2H3,(H,61,64)/b16-15-,22-19-,52-48+. The highest BCUT2D eigenvalue weighted by molar-refractivity contribution is 5.76. The van der Waals surface area contributed by atoms with Gasteiger partial charge in [0, 0.05) is 12.8 Å². The molecule has 1 amide bonds. The van der Waals surface area contributed by atoms with Crippen LogP contribution in [0.5, 0.6) is 0 Å². The second-order valence-electron chi connectivity index (χ2n) is 20.0. The topological polar surface area (TPSA) is 95.9 Å². The lowest BCUT2D eigenvalue weighted by Gasteiger charge is -2.20. The molecule has 0 radical (unpaired) electrons. The van der Waals surface area contributed by atoms with Gasteiger partial charge in [-0.05, 0) is 83.5 Å². The first kappa shape index (κ1) is 64.1. The van der Waals surface area contributed by atoms with Crippen LogP contribution in [-0.2, 0) is 14.3 Å². The second kappa shape index (κ2) is 55.7. The third kappa shape index (κ3) is 51.5. The van der Waals surface area contributed by atoms with Gasteiger partial charge in [-0.2, -0.15) is 0 Å². The number of allylic oxidation sites excluding steroid dienone is 5. The van der Waals surface area contributed by atoms with Gasteiger partial charge in [-0.3, -0.25) is 9.59 Å². The number of esters is 1. The van der Waals surface area contributed by atoms with E-state index in [1.54, 1.807) is 6.08 Å². The summed E-state index contributed by atoms with van der Waals surface area (Å²) in [5.74, 6) is -0.0719. The fraction of sp³-hybridized carbons (Fsp3) is 0.867. The van der Waals surface area contributed by atoms with Crippen LogP contribution in [0.3, 0.4) is 0 Å².